The van der Waals surface area contributed by atoms with Gasteiger partial charge >= 0.3 is 0 Å². The molecule has 1 amide bonds. The molecule has 2 saturated heterocycles. The molecule has 5 rings (SSSR count). The Morgan fingerprint density at radius 2 is 1.81 bits per heavy atom. The Bertz CT molecular complexity index is 1130. The normalized spacial score (nSPS) is 18.2. The van der Waals surface area contributed by atoms with Crippen molar-refractivity contribution in [2.45, 2.75) is 38.9 Å². The minimum absolute atomic E-state index is 0.0690. The van der Waals surface area contributed by atoms with Crippen molar-refractivity contribution in [2.24, 2.45) is 0 Å². The monoisotopic (exact) mass is 424 g/mol. The summed E-state index contributed by atoms with van der Waals surface area (Å²) in [7, 11) is 0. The number of ether oxygens (including phenoxy) is 2. The first-order valence-electron chi connectivity index (χ1n) is 10.6. The van der Waals surface area contributed by atoms with Crippen LogP contribution < -0.4 is 0 Å². The third-order valence-corrected chi connectivity index (χ3v) is 6.36. The number of halogens is 1. The highest BCUT2D eigenvalue weighted by atomic mass is 19.1. The number of nitrogens with zero attached hydrogens (tertiary/aromatic N) is 4. The predicted octanol–water partition coefficient (Wildman–Crippen LogP) is 3.06. The summed E-state index contributed by atoms with van der Waals surface area (Å²) in [5.74, 6) is -0.838. The Labute approximate surface area is 179 Å². The standard InChI is InChI=1S/C23H25FN4O3/c1-15-19(13-17-3-5-18(24)6-4-17)16(2)28-21(26-15)20(14-25-28)22(29)27-9-7-23(8-10-27)30-11-12-31-23/h3-6,14H,7-13H2,1-2H3. The SMILES string of the molecule is Cc1nc2c(C(=O)N3CCC4(CC3)OCCO4)cnn2c(C)c1Cc1ccc(F)cc1. The summed E-state index contributed by atoms with van der Waals surface area (Å²) in [5, 5.41) is 4.46. The third-order valence-electron chi connectivity index (χ3n) is 6.36. The van der Waals surface area contributed by atoms with E-state index in [4.69, 9.17) is 14.5 Å². The number of benzene rings is 1. The Kier molecular flexibility index (Phi) is 4.98. The second-order valence-corrected chi connectivity index (χ2v) is 8.26. The van der Waals surface area contributed by atoms with Crippen LogP contribution in [0.2, 0.25) is 0 Å². The molecule has 0 unspecified atom stereocenters. The number of piperidine rings is 1. The lowest BCUT2D eigenvalue weighted by Gasteiger charge is -2.37. The number of aryl methyl sites for hydroxylation is 2. The lowest BCUT2D eigenvalue weighted by atomic mass is 10.0. The van der Waals surface area contributed by atoms with Crippen LogP contribution in [0.25, 0.3) is 5.65 Å². The molecule has 0 atom stereocenters. The molecule has 0 saturated carbocycles. The molecule has 2 aliphatic rings. The van der Waals surface area contributed by atoms with E-state index in [1.165, 1.54) is 12.1 Å². The van der Waals surface area contributed by atoms with E-state index in [9.17, 15) is 9.18 Å². The average molecular weight is 424 g/mol. The summed E-state index contributed by atoms with van der Waals surface area (Å²) in [6.07, 6.45) is 3.57. The van der Waals surface area contributed by atoms with Crippen molar-refractivity contribution in [1.29, 1.82) is 0 Å². The molecular weight excluding hydrogens is 399 g/mol. The van der Waals surface area contributed by atoms with Crippen LogP contribution in [0.15, 0.2) is 30.5 Å². The van der Waals surface area contributed by atoms with Crippen LogP contribution in [-0.4, -0.2) is 57.5 Å². The van der Waals surface area contributed by atoms with Gasteiger partial charge in [-0.25, -0.2) is 13.9 Å². The Morgan fingerprint density at radius 3 is 2.48 bits per heavy atom. The molecule has 0 aliphatic carbocycles. The highest BCUT2D eigenvalue weighted by Gasteiger charge is 2.41. The van der Waals surface area contributed by atoms with Gasteiger partial charge in [-0.15, -0.1) is 0 Å². The largest absolute Gasteiger partial charge is 0.347 e. The predicted molar refractivity (Wildman–Crippen MR) is 111 cm³/mol. The smallest absolute Gasteiger partial charge is 0.259 e. The molecule has 7 nitrogen and oxygen atoms in total. The summed E-state index contributed by atoms with van der Waals surface area (Å²) in [4.78, 5) is 19.8. The molecule has 2 fully saturated rings. The minimum Gasteiger partial charge on any atom is -0.347 e. The van der Waals surface area contributed by atoms with Gasteiger partial charge in [0.1, 0.15) is 11.4 Å². The lowest BCUT2D eigenvalue weighted by Crippen LogP contribution is -2.47. The van der Waals surface area contributed by atoms with Crippen LogP contribution in [-0.2, 0) is 15.9 Å². The van der Waals surface area contributed by atoms with Crippen LogP contribution in [0, 0.1) is 19.7 Å². The maximum absolute atomic E-state index is 13.2. The number of carbonyl (C=O) groups excluding carboxylic acids is 1. The molecule has 2 aliphatic heterocycles. The van der Waals surface area contributed by atoms with Crippen molar-refractivity contribution in [2.75, 3.05) is 26.3 Å². The van der Waals surface area contributed by atoms with Crippen molar-refractivity contribution >= 4 is 11.6 Å². The third kappa shape index (κ3) is 3.59. The van der Waals surface area contributed by atoms with E-state index in [-0.39, 0.29) is 11.7 Å². The first kappa shape index (κ1) is 20.1. The van der Waals surface area contributed by atoms with Gasteiger partial charge in [0.15, 0.2) is 11.4 Å². The Balaban J connectivity index is 1.40. The van der Waals surface area contributed by atoms with Gasteiger partial charge in [-0.3, -0.25) is 4.79 Å². The number of hydrogen-bond acceptors (Lipinski definition) is 5. The molecule has 4 heterocycles. The van der Waals surface area contributed by atoms with Crippen molar-refractivity contribution in [3.8, 4) is 0 Å². The van der Waals surface area contributed by atoms with E-state index in [1.54, 1.807) is 22.8 Å². The van der Waals surface area contributed by atoms with Crippen LogP contribution >= 0.6 is 0 Å². The number of aromatic nitrogens is 3. The Morgan fingerprint density at radius 1 is 1.13 bits per heavy atom. The van der Waals surface area contributed by atoms with E-state index in [0.29, 0.717) is 56.8 Å². The summed E-state index contributed by atoms with van der Waals surface area (Å²) >= 11 is 0. The van der Waals surface area contributed by atoms with Gasteiger partial charge in [-0.2, -0.15) is 5.10 Å². The van der Waals surface area contributed by atoms with E-state index < -0.39 is 5.79 Å². The van der Waals surface area contributed by atoms with Crippen molar-refractivity contribution in [1.82, 2.24) is 19.5 Å². The lowest BCUT2D eigenvalue weighted by molar-refractivity contribution is -0.181. The zero-order valence-electron chi connectivity index (χ0n) is 17.7. The molecule has 3 aromatic rings. The van der Waals surface area contributed by atoms with Crippen molar-refractivity contribution < 1.29 is 18.7 Å². The molecule has 1 aromatic carbocycles. The number of rotatable bonds is 3. The molecule has 8 heteroatoms. The first-order chi connectivity index (χ1) is 15.0. The fourth-order valence-electron chi connectivity index (χ4n) is 4.53. The quantitative estimate of drug-likeness (QED) is 0.647. The summed E-state index contributed by atoms with van der Waals surface area (Å²) in [6.45, 7) is 6.30. The molecule has 162 valence electrons. The van der Waals surface area contributed by atoms with Gasteiger partial charge < -0.3 is 14.4 Å². The minimum atomic E-state index is -0.515. The second kappa shape index (κ2) is 7.69. The Hall–Kier alpha value is -2.84. The van der Waals surface area contributed by atoms with Gasteiger partial charge in [0.2, 0.25) is 0 Å². The van der Waals surface area contributed by atoms with Gasteiger partial charge in [-0.05, 0) is 37.1 Å². The maximum atomic E-state index is 13.2. The fraction of sp³-hybridized carbons (Fsp3) is 0.435. The van der Waals surface area contributed by atoms with E-state index in [1.807, 2.05) is 18.7 Å². The zero-order chi connectivity index (χ0) is 21.6. The molecule has 1 spiro atoms. The zero-order valence-corrected chi connectivity index (χ0v) is 17.7. The molecule has 31 heavy (non-hydrogen) atoms. The van der Waals surface area contributed by atoms with Gasteiger partial charge in [-0.1, -0.05) is 12.1 Å². The first-order valence-corrected chi connectivity index (χ1v) is 10.6. The summed E-state index contributed by atoms with van der Waals surface area (Å²) in [6, 6.07) is 6.47. The van der Waals surface area contributed by atoms with Crippen molar-refractivity contribution in [3.63, 3.8) is 0 Å². The number of hydrogen-bond donors (Lipinski definition) is 0. The topological polar surface area (TPSA) is 69.0 Å². The van der Waals surface area contributed by atoms with Gasteiger partial charge in [0, 0.05) is 43.7 Å². The summed E-state index contributed by atoms with van der Waals surface area (Å²) in [5.41, 5.74) is 4.86. The van der Waals surface area contributed by atoms with E-state index in [0.717, 1.165) is 22.5 Å². The highest BCUT2D eigenvalue weighted by molar-refractivity contribution is 5.99. The maximum Gasteiger partial charge on any atom is 0.259 e. The molecular formula is C23H25FN4O3. The molecule has 0 radical (unpaired) electrons. The van der Waals surface area contributed by atoms with Gasteiger partial charge in [0.05, 0.1) is 19.4 Å². The number of fused-ring (bicyclic) bond motifs is 1. The fourth-order valence-corrected chi connectivity index (χ4v) is 4.53. The van der Waals surface area contributed by atoms with E-state index in [2.05, 4.69) is 5.10 Å². The second-order valence-electron chi connectivity index (χ2n) is 8.26. The number of amides is 1. The van der Waals surface area contributed by atoms with Crippen LogP contribution in [0.3, 0.4) is 0 Å². The van der Waals surface area contributed by atoms with Crippen LogP contribution in [0.1, 0.15) is 45.7 Å². The molecule has 0 bridgehead atoms. The molecule has 0 N–H and O–H groups in total. The average Bonchev–Trinajstić information content (AvgIpc) is 3.40. The van der Waals surface area contributed by atoms with Crippen LogP contribution in [0.5, 0.6) is 0 Å². The highest BCUT2D eigenvalue weighted by Crippen LogP contribution is 2.32. The van der Waals surface area contributed by atoms with Crippen molar-refractivity contribution in [3.05, 3.63) is 64.4 Å². The van der Waals surface area contributed by atoms with Crippen LogP contribution in [0.4, 0.5) is 4.39 Å². The molecule has 2 aromatic heterocycles. The van der Waals surface area contributed by atoms with E-state index >= 15 is 0 Å². The summed E-state index contributed by atoms with van der Waals surface area (Å²) < 4.78 is 26.5. The number of carbonyl (C=O) groups is 1. The van der Waals surface area contributed by atoms with Gasteiger partial charge in [0.25, 0.3) is 5.91 Å². The number of likely N-dealkylation sites (tertiary alicyclic amines) is 1.